The Hall–Kier alpha value is -2.98. The monoisotopic (exact) mass is 400 g/mol. The number of piperidine rings is 1. The first-order chi connectivity index (χ1) is 13.2. The minimum absolute atomic E-state index is 0.158. The van der Waals surface area contributed by atoms with Gasteiger partial charge < -0.3 is 14.4 Å². The van der Waals surface area contributed by atoms with Gasteiger partial charge >= 0.3 is 6.18 Å². The van der Waals surface area contributed by atoms with Crippen LogP contribution in [0.15, 0.2) is 24.4 Å². The Labute approximate surface area is 158 Å². The number of nitrogens with zero attached hydrogens (tertiary/aromatic N) is 4. The van der Waals surface area contributed by atoms with E-state index in [1.165, 1.54) is 37.2 Å². The molecular weight excluding hydrogens is 381 g/mol. The zero-order valence-corrected chi connectivity index (χ0v) is 15.3. The zero-order chi connectivity index (χ0) is 20.5. The van der Waals surface area contributed by atoms with E-state index in [0.717, 1.165) is 6.07 Å². The van der Waals surface area contributed by atoms with Crippen molar-refractivity contribution in [1.82, 2.24) is 9.78 Å². The number of methoxy groups -OCH3 is 2. The Morgan fingerprint density at radius 1 is 1.25 bits per heavy atom. The lowest BCUT2D eigenvalue weighted by Gasteiger charge is -2.34. The van der Waals surface area contributed by atoms with Crippen LogP contribution >= 0.6 is 0 Å². The van der Waals surface area contributed by atoms with Crippen molar-refractivity contribution >= 4 is 11.4 Å². The van der Waals surface area contributed by atoms with E-state index in [-0.39, 0.29) is 24.0 Å². The molecule has 11 heteroatoms. The lowest BCUT2D eigenvalue weighted by Crippen LogP contribution is -2.37. The fourth-order valence-corrected chi connectivity index (χ4v) is 3.34. The molecule has 0 amide bonds. The summed E-state index contributed by atoms with van der Waals surface area (Å²) in [5.41, 5.74) is -0.785. The molecule has 1 aliphatic heterocycles. The van der Waals surface area contributed by atoms with Crippen molar-refractivity contribution in [2.24, 2.45) is 0 Å². The highest BCUT2D eigenvalue weighted by molar-refractivity contribution is 5.70. The highest BCUT2D eigenvalue weighted by Gasteiger charge is 2.35. The van der Waals surface area contributed by atoms with Gasteiger partial charge in [0.2, 0.25) is 0 Å². The van der Waals surface area contributed by atoms with Crippen LogP contribution in [0.2, 0.25) is 0 Å². The lowest BCUT2D eigenvalue weighted by molar-refractivity contribution is -0.384. The normalized spacial score (nSPS) is 17.5. The second-order valence-corrected chi connectivity index (χ2v) is 6.37. The van der Waals surface area contributed by atoms with Gasteiger partial charge in [0.25, 0.3) is 5.69 Å². The SMILES string of the molecule is COc1cc(N2CCCC(n3ccc(C(F)(F)F)n3)C2)c([N+](=O)[O-])cc1OC. The maximum atomic E-state index is 12.8. The van der Waals surface area contributed by atoms with Gasteiger partial charge in [-0.05, 0) is 18.9 Å². The number of nitro benzene ring substituents is 1. The number of hydrogen-bond acceptors (Lipinski definition) is 6. The number of halogens is 3. The zero-order valence-electron chi connectivity index (χ0n) is 15.3. The predicted molar refractivity (Wildman–Crippen MR) is 93.9 cm³/mol. The molecular formula is C17H19F3N4O4. The maximum Gasteiger partial charge on any atom is 0.435 e. The molecule has 0 bridgehead atoms. The molecule has 28 heavy (non-hydrogen) atoms. The van der Waals surface area contributed by atoms with E-state index in [9.17, 15) is 23.3 Å². The van der Waals surface area contributed by atoms with Crippen LogP contribution in [0.3, 0.4) is 0 Å². The molecule has 0 radical (unpaired) electrons. The van der Waals surface area contributed by atoms with Crippen LogP contribution in [0.1, 0.15) is 24.6 Å². The molecule has 1 saturated heterocycles. The average Bonchev–Trinajstić information content (AvgIpc) is 3.17. The van der Waals surface area contributed by atoms with Crippen molar-refractivity contribution in [3.05, 3.63) is 40.2 Å². The summed E-state index contributed by atoms with van der Waals surface area (Å²) in [7, 11) is 2.81. The minimum atomic E-state index is -4.51. The van der Waals surface area contributed by atoms with Crippen LogP contribution in [-0.4, -0.2) is 42.0 Å². The largest absolute Gasteiger partial charge is 0.493 e. The molecule has 0 N–H and O–H groups in total. The van der Waals surface area contributed by atoms with Crippen LogP contribution in [-0.2, 0) is 6.18 Å². The Kier molecular flexibility index (Phi) is 5.34. The molecule has 1 atom stereocenters. The van der Waals surface area contributed by atoms with E-state index in [1.54, 1.807) is 4.90 Å². The Bertz CT molecular complexity index is 869. The van der Waals surface area contributed by atoms with Gasteiger partial charge in [0, 0.05) is 25.4 Å². The summed E-state index contributed by atoms with van der Waals surface area (Å²) in [6.07, 6.45) is -1.95. The van der Waals surface area contributed by atoms with Crippen molar-refractivity contribution in [3.8, 4) is 11.5 Å². The van der Waals surface area contributed by atoms with Crippen LogP contribution in [0.4, 0.5) is 24.5 Å². The first kappa shape index (κ1) is 19.8. The van der Waals surface area contributed by atoms with Gasteiger partial charge in [0.1, 0.15) is 5.69 Å². The average molecular weight is 400 g/mol. The molecule has 152 valence electrons. The Morgan fingerprint density at radius 3 is 2.50 bits per heavy atom. The quantitative estimate of drug-likeness (QED) is 0.563. The molecule has 0 saturated carbocycles. The molecule has 3 rings (SSSR count). The molecule has 2 aromatic rings. The number of nitro groups is 1. The van der Waals surface area contributed by atoms with Gasteiger partial charge in [-0.1, -0.05) is 0 Å². The second-order valence-electron chi connectivity index (χ2n) is 6.37. The molecule has 0 aliphatic carbocycles. The number of benzene rings is 1. The molecule has 8 nitrogen and oxygen atoms in total. The van der Waals surface area contributed by atoms with E-state index >= 15 is 0 Å². The van der Waals surface area contributed by atoms with Gasteiger partial charge in [-0.3, -0.25) is 14.8 Å². The van der Waals surface area contributed by atoms with E-state index in [1.807, 2.05) is 0 Å². The number of rotatable bonds is 5. The van der Waals surface area contributed by atoms with Crippen molar-refractivity contribution in [3.63, 3.8) is 0 Å². The van der Waals surface area contributed by atoms with Crippen LogP contribution < -0.4 is 14.4 Å². The summed E-state index contributed by atoms with van der Waals surface area (Å²) in [5, 5.41) is 15.2. The lowest BCUT2D eigenvalue weighted by atomic mass is 10.0. The van der Waals surface area contributed by atoms with Crippen molar-refractivity contribution in [2.45, 2.75) is 25.1 Å². The summed E-state index contributed by atoms with van der Waals surface area (Å²) in [6.45, 7) is 0.815. The summed E-state index contributed by atoms with van der Waals surface area (Å²) in [4.78, 5) is 12.8. The highest BCUT2D eigenvalue weighted by Crippen LogP contribution is 2.41. The summed E-state index contributed by atoms with van der Waals surface area (Å²) in [6, 6.07) is 3.40. The van der Waals surface area contributed by atoms with Crippen LogP contribution in [0.5, 0.6) is 11.5 Å². The van der Waals surface area contributed by atoms with E-state index < -0.39 is 16.8 Å². The van der Waals surface area contributed by atoms with Gasteiger partial charge in [-0.15, -0.1) is 0 Å². The summed E-state index contributed by atoms with van der Waals surface area (Å²) in [5.74, 6) is 0.567. The highest BCUT2D eigenvalue weighted by atomic mass is 19.4. The number of hydrogen-bond donors (Lipinski definition) is 0. The van der Waals surface area contributed by atoms with E-state index in [0.29, 0.717) is 30.8 Å². The van der Waals surface area contributed by atoms with E-state index in [4.69, 9.17) is 9.47 Å². The third-order valence-electron chi connectivity index (χ3n) is 4.69. The summed E-state index contributed by atoms with van der Waals surface area (Å²) >= 11 is 0. The Balaban J connectivity index is 1.92. The Morgan fingerprint density at radius 2 is 1.93 bits per heavy atom. The minimum Gasteiger partial charge on any atom is -0.493 e. The fourth-order valence-electron chi connectivity index (χ4n) is 3.34. The number of aromatic nitrogens is 2. The number of anilines is 1. The fraction of sp³-hybridized carbons (Fsp3) is 0.471. The van der Waals surface area contributed by atoms with Crippen molar-refractivity contribution in [1.29, 1.82) is 0 Å². The second kappa shape index (κ2) is 7.56. The van der Waals surface area contributed by atoms with Gasteiger partial charge in [0.15, 0.2) is 17.2 Å². The topological polar surface area (TPSA) is 82.7 Å². The first-order valence-corrected chi connectivity index (χ1v) is 8.52. The van der Waals surface area contributed by atoms with Crippen molar-refractivity contribution < 1.29 is 27.6 Å². The molecule has 1 aromatic carbocycles. The predicted octanol–water partition coefficient (Wildman–Crippen LogP) is 3.67. The molecule has 2 heterocycles. The molecule has 1 fully saturated rings. The van der Waals surface area contributed by atoms with Crippen molar-refractivity contribution in [2.75, 3.05) is 32.2 Å². The molecule has 1 aromatic heterocycles. The molecule has 1 unspecified atom stereocenters. The van der Waals surface area contributed by atoms with E-state index in [2.05, 4.69) is 5.10 Å². The summed E-state index contributed by atoms with van der Waals surface area (Å²) < 4.78 is 50.1. The van der Waals surface area contributed by atoms with Gasteiger partial charge in [0.05, 0.1) is 31.3 Å². The van der Waals surface area contributed by atoms with Crippen LogP contribution in [0.25, 0.3) is 0 Å². The maximum absolute atomic E-state index is 12.8. The molecule has 0 spiro atoms. The number of alkyl halides is 3. The molecule has 1 aliphatic rings. The third-order valence-corrected chi connectivity index (χ3v) is 4.69. The van der Waals surface area contributed by atoms with Gasteiger partial charge in [-0.25, -0.2) is 0 Å². The smallest absolute Gasteiger partial charge is 0.435 e. The van der Waals surface area contributed by atoms with Crippen LogP contribution in [0, 0.1) is 10.1 Å². The third kappa shape index (κ3) is 3.82. The number of ether oxygens (including phenoxy) is 2. The van der Waals surface area contributed by atoms with Gasteiger partial charge in [-0.2, -0.15) is 18.3 Å². The first-order valence-electron chi connectivity index (χ1n) is 8.52. The standard InChI is InChI=1S/C17H19F3N4O4/c1-27-14-8-12(13(24(25)26)9-15(14)28-2)22-6-3-4-11(10-22)23-7-5-16(21-23)17(18,19)20/h5,7-9,11H,3-4,6,10H2,1-2H3.